The van der Waals surface area contributed by atoms with Gasteiger partial charge in [0.15, 0.2) is 6.61 Å². The van der Waals surface area contributed by atoms with Gasteiger partial charge < -0.3 is 10.1 Å². The lowest BCUT2D eigenvalue weighted by Gasteiger charge is -2.06. The fourth-order valence-electron chi connectivity index (χ4n) is 0.989. The Morgan fingerprint density at radius 2 is 2.12 bits per heavy atom. The number of hydrogen-bond donors (Lipinski definition) is 1. The summed E-state index contributed by atoms with van der Waals surface area (Å²) in [6, 6.07) is 8.67. The molecular weight excluding hydrogens is 228 g/mol. The summed E-state index contributed by atoms with van der Waals surface area (Å²) in [5.41, 5.74) is 0. The summed E-state index contributed by atoms with van der Waals surface area (Å²) in [4.78, 5) is 11.2. The van der Waals surface area contributed by atoms with Gasteiger partial charge in [0.2, 0.25) is 0 Å². The molecule has 0 heterocycles. The summed E-state index contributed by atoms with van der Waals surface area (Å²) in [5, 5.41) is 11.4. The standard InChI is InChI=1S/C11H11ClN2O2/c12-9-2-4-10(5-3-9)16-8-11(15)14-7-1-6-13/h2-5H,1,7-8H2,(H,14,15). The van der Waals surface area contributed by atoms with Gasteiger partial charge >= 0.3 is 0 Å². The number of rotatable bonds is 5. The molecule has 0 aliphatic rings. The Balaban J connectivity index is 2.26. The lowest BCUT2D eigenvalue weighted by atomic mass is 10.3. The van der Waals surface area contributed by atoms with E-state index in [-0.39, 0.29) is 12.5 Å². The van der Waals surface area contributed by atoms with E-state index in [9.17, 15) is 4.79 Å². The van der Waals surface area contributed by atoms with Gasteiger partial charge in [0.1, 0.15) is 5.75 Å². The fraction of sp³-hybridized carbons (Fsp3) is 0.273. The molecular formula is C11H11ClN2O2. The van der Waals surface area contributed by atoms with Gasteiger partial charge in [-0.2, -0.15) is 5.26 Å². The van der Waals surface area contributed by atoms with Crippen LogP contribution in [0.2, 0.25) is 5.02 Å². The molecule has 0 aliphatic carbocycles. The van der Waals surface area contributed by atoms with Crippen LogP contribution in [0, 0.1) is 11.3 Å². The van der Waals surface area contributed by atoms with Crippen LogP contribution in [0.1, 0.15) is 6.42 Å². The molecule has 1 aromatic rings. The predicted octanol–water partition coefficient (Wildman–Crippen LogP) is 1.75. The minimum atomic E-state index is -0.245. The number of amides is 1. The first-order valence-electron chi connectivity index (χ1n) is 4.74. The molecule has 0 spiro atoms. The van der Waals surface area contributed by atoms with Crippen molar-refractivity contribution in [2.45, 2.75) is 6.42 Å². The highest BCUT2D eigenvalue weighted by atomic mass is 35.5. The van der Waals surface area contributed by atoms with Gasteiger partial charge in [0.05, 0.1) is 12.5 Å². The number of nitrogens with one attached hydrogen (secondary N) is 1. The van der Waals surface area contributed by atoms with Crippen LogP contribution in [0.25, 0.3) is 0 Å². The lowest BCUT2D eigenvalue weighted by Crippen LogP contribution is -2.29. The van der Waals surface area contributed by atoms with E-state index in [1.807, 2.05) is 6.07 Å². The molecule has 0 bridgehead atoms. The van der Waals surface area contributed by atoms with Gasteiger partial charge in [-0.15, -0.1) is 0 Å². The predicted molar refractivity (Wildman–Crippen MR) is 60.2 cm³/mol. The van der Waals surface area contributed by atoms with Crippen molar-refractivity contribution in [2.75, 3.05) is 13.2 Å². The molecule has 84 valence electrons. The van der Waals surface area contributed by atoms with Crippen LogP contribution in [0.15, 0.2) is 24.3 Å². The molecule has 0 fully saturated rings. The third-order valence-corrected chi connectivity index (χ3v) is 1.99. The van der Waals surface area contributed by atoms with Crippen LogP contribution in [0.4, 0.5) is 0 Å². The fourth-order valence-corrected chi connectivity index (χ4v) is 1.11. The maximum Gasteiger partial charge on any atom is 0.257 e. The van der Waals surface area contributed by atoms with Crippen LogP contribution in [-0.4, -0.2) is 19.1 Å². The molecule has 0 radical (unpaired) electrons. The maximum absolute atomic E-state index is 11.2. The maximum atomic E-state index is 11.2. The number of halogens is 1. The molecule has 1 aromatic carbocycles. The Morgan fingerprint density at radius 1 is 1.44 bits per heavy atom. The molecule has 1 rings (SSSR count). The Morgan fingerprint density at radius 3 is 2.75 bits per heavy atom. The summed E-state index contributed by atoms with van der Waals surface area (Å²) in [6.07, 6.45) is 0.298. The Kier molecular flexibility index (Phi) is 5.17. The number of nitriles is 1. The average Bonchev–Trinajstić information content (AvgIpc) is 2.29. The second-order valence-electron chi connectivity index (χ2n) is 3.00. The van der Waals surface area contributed by atoms with Crippen molar-refractivity contribution >= 4 is 17.5 Å². The highest BCUT2D eigenvalue weighted by molar-refractivity contribution is 6.30. The van der Waals surface area contributed by atoms with Crippen LogP contribution in [0.5, 0.6) is 5.75 Å². The second kappa shape index (κ2) is 6.70. The van der Waals surface area contributed by atoms with Crippen molar-refractivity contribution in [3.05, 3.63) is 29.3 Å². The first kappa shape index (κ1) is 12.3. The summed E-state index contributed by atoms with van der Waals surface area (Å²) >= 11 is 5.69. The highest BCUT2D eigenvalue weighted by Gasteiger charge is 2.01. The number of nitrogens with zero attached hydrogens (tertiary/aromatic N) is 1. The van der Waals surface area contributed by atoms with Crippen molar-refractivity contribution in [3.63, 3.8) is 0 Å². The molecule has 1 amide bonds. The van der Waals surface area contributed by atoms with Crippen LogP contribution in [0.3, 0.4) is 0 Å². The first-order valence-corrected chi connectivity index (χ1v) is 5.12. The number of ether oxygens (including phenoxy) is 1. The molecule has 5 heteroatoms. The zero-order chi connectivity index (χ0) is 11.8. The summed E-state index contributed by atoms with van der Waals surface area (Å²) in [6.45, 7) is 0.284. The minimum absolute atomic E-state index is 0.0624. The van der Waals surface area contributed by atoms with Crippen molar-refractivity contribution in [2.24, 2.45) is 0 Å². The van der Waals surface area contributed by atoms with Crippen LogP contribution < -0.4 is 10.1 Å². The third-order valence-electron chi connectivity index (χ3n) is 1.74. The van der Waals surface area contributed by atoms with E-state index in [0.29, 0.717) is 23.7 Å². The lowest BCUT2D eigenvalue weighted by molar-refractivity contribution is -0.123. The molecule has 0 aliphatic heterocycles. The molecule has 0 saturated carbocycles. The van der Waals surface area contributed by atoms with Gasteiger partial charge in [-0.25, -0.2) is 0 Å². The van der Waals surface area contributed by atoms with E-state index < -0.39 is 0 Å². The normalized spacial score (nSPS) is 9.25. The second-order valence-corrected chi connectivity index (χ2v) is 3.44. The smallest absolute Gasteiger partial charge is 0.257 e. The number of carbonyl (C=O) groups excluding carboxylic acids is 1. The highest BCUT2D eigenvalue weighted by Crippen LogP contribution is 2.15. The van der Waals surface area contributed by atoms with Crippen molar-refractivity contribution in [1.82, 2.24) is 5.32 Å². The van der Waals surface area contributed by atoms with E-state index in [4.69, 9.17) is 21.6 Å². The molecule has 0 unspecified atom stereocenters. The summed E-state index contributed by atoms with van der Waals surface area (Å²) in [7, 11) is 0. The Hall–Kier alpha value is -1.73. The van der Waals surface area contributed by atoms with Crippen molar-refractivity contribution in [3.8, 4) is 11.8 Å². The monoisotopic (exact) mass is 238 g/mol. The van der Waals surface area contributed by atoms with E-state index in [1.54, 1.807) is 24.3 Å². The summed E-state index contributed by atoms with van der Waals surface area (Å²) in [5.74, 6) is 0.338. The van der Waals surface area contributed by atoms with Gasteiger partial charge in [-0.1, -0.05) is 11.6 Å². The Labute approximate surface area is 98.8 Å². The van der Waals surface area contributed by atoms with E-state index in [2.05, 4.69) is 5.32 Å². The van der Waals surface area contributed by atoms with Crippen LogP contribution in [-0.2, 0) is 4.79 Å². The van der Waals surface area contributed by atoms with Crippen LogP contribution >= 0.6 is 11.6 Å². The molecule has 0 saturated heterocycles. The zero-order valence-corrected chi connectivity index (χ0v) is 9.33. The Bertz CT molecular complexity index is 384. The van der Waals surface area contributed by atoms with E-state index >= 15 is 0 Å². The molecule has 16 heavy (non-hydrogen) atoms. The zero-order valence-electron chi connectivity index (χ0n) is 8.57. The molecule has 0 aromatic heterocycles. The summed E-state index contributed by atoms with van der Waals surface area (Å²) < 4.78 is 5.20. The SMILES string of the molecule is N#CCCNC(=O)COc1ccc(Cl)cc1. The average molecular weight is 239 g/mol. The largest absolute Gasteiger partial charge is 0.484 e. The minimum Gasteiger partial charge on any atom is -0.484 e. The van der Waals surface area contributed by atoms with Gasteiger partial charge in [-0.3, -0.25) is 4.79 Å². The van der Waals surface area contributed by atoms with E-state index in [0.717, 1.165) is 0 Å². The van der Waals surface area contributed by atoms with Crippen molar-refractivity contribution < 1.29 is 9.53 Å². The van der Waals surface area contributed by atoms with Gasteiger partial charge in [0.25, 0.3) is 5.91 Å². The molecule has 1 N–H and O–H groups in total. The number of hydrogen-bond acceptors (Lipinski definition) is 3. The number of carbonyl (C=O) groups is 1. The quantitative estimate of drug-likeness (QED) is 0.795. The molecule has 0 atom stereocenters. The van der Waals surface area contributed by atoms with Gasteiger partial charge in [0, 0.05) is 11.6 Å². The third kappa shape index (κ3) is 4.67. The van der Waals surface area contributed by atoms with E-state index in [1.165, 1.54) is 0 Å². The molecule has 4 nitrogen and oxygen atoms in total. The van der Waals surface area contributed by atoms with Crippen molar-refractivity contribution in [1.29, 1.82) is 5.26 Å². The van der Waals surface area contributed by atoms with Gasteiger partial charge in [-0.05, 0) is 24.3 Å². The number of benzene rings is 1. The topological polar surface area (TPSA) is 62.1 Å². The first-order chi connectivity index (χ1) is 7.72.